The van der Waals surface area contributed by atoms with Crippen molar-refractivity contribution in [2.45, 2.75) is 12.8 Å². The Bertz CT molecular complexity index is 811. The fraction of sp³-hybridized carbons (Fsp3) is 0.333. The van der Waals surface area contributed by atoms with Crippen molar-refractivity contribution in [3.8, 4) is 0 Å². The van der Waals surface area contributed by atoms with E-state index in [1.807, 2.05) is 24.3 Å². The Labute approximate surface area is 153 Å². The van der Waals surface area contributed by atoms with E-state index in [0.717, 1.165) is 43.0 Å². The molecule has 0 saturated carbocycles. The number of para-hydroxylation sites is 1. The fourth-order valence-electron chi connectivity index (χ4n) is 3.78. The summed E-state index contributed by atoms with van der Waals surface area (Å²) < 4.78 is 0. The summed E-state index contributed by atoms with van der Waals surface area (Å²) >= 11 is 0. The lowest BCUT2D eigenvalue weighted by Gasteiger charge is -2.35. The van der Waals surface area contributed by atoms with Gasteiger partial charge in [0.1, 0.15) is 0 Å². The molecule has 2 aromatic carbocycles. The van der Waals surface area contributed by atoms with Gasteiger partial charge in [0, 0.05) is 49.5 Å². The molecule has 0 atom stereocenters. The highest BCUT2D eigenvalue weighted by molar-refractivity contribution is 6.03. The van der Waals surface area contributed by atoms with Gasteiger partial charge in [-0.25, -0.2) is 0 Å². The predicted octanol–water partition coefficient (Wildman–Crippen LogP) is 2.58. The first kappa shape index (κ1) is 16.8. The van der Waals surface area contributed by atoms with Crippen LogP contribution in [0.3, 0.4) is 0 Å². The Morgan fingerprint density at radius 3 is 2.46 bits per heavy atom. The molecule has 1 fully saturated rings. The number of hydrogen-bond acceptors (Lipinski definition) is 4. The van der Waals surface area contributed by atoms with Crippen LogP contribution < -0.4 is 10.2 Å². The van der Waals surface area contributed by atoms with Crippen LogP contribution in [0.1, 0.15) is 22.3 Å². The number of rotatable bonds is 4. The zero-order valence-electron chi connectivity index (χ0n) is 14.8. The minimum atomic E-state index is 0.0270. The van der Waals surface area contributed by atoms with E-state index in [0.29, 0.717) is 19.4 Å². The van der Waals surface area contributed by atoms with Gasteiger partial charge in [-0.1, -0.05) is 30.3 Å². The van der Waals surface area contributed by atoms with E-state index in [1.54, 1.807) is 0 Å². The molecule has 2 aliphatic heterocycles. The van der Waals surface area contributed by atoms with Gasteiger partial charge in [-0.15, -0.1) is 0 Å². The molecule has 0 aromatic heterocycles. The molecule has 26 heavy (non-hydrogen) atoms. The van der Waals surface area contributed by atoms with Crippen LogP contribution in [0, 0.1) is 0 Å². The van der Waals surface area contributed by atoms with Crippen molar-refractivity contribution in [1.29, 1.82) is 0 Å². The second-order valence-corrected chi connectivity index (χ2v) is 6.90. The number of fused-ring (bicyclic) bond motifs is 1. The van der Waals surface area contributed by atoms with E-state index in [-0.39, 0.29) is 11.7 Å². The largest absolute Gasteiger partial charge is 0.369 e. The number of Topliss-reactive ketones (excluding diaryl/α,β-unsaturated/α-hetero) is 1. The topological polar surface area (TPSA) is 52.7 Å². The molecule has 5 heteroatoms. The third-order valence-electron chi connectivity index (χ3n) is 5.21. The first-order chi connectivity index (χ1) is 12.7. The average molecular weight is 349 g/mol. The number of nitrogens with one attached hydrogen (secondary N) is 1. The van der Waals surface area contributed by atoms with Crippen LogP contribution in [0.5, 0.6) is 0 Å². The molecule has 2 aliphatic rings. The number of benzene rings is 2. The zero-order valence-corrected chi connectivity index (χ0v) is 14.8. The number of piperazine rings is 1. The molecule has 2 heterocycles. The minimum absolute atomic E-state index is 0.0270. The lowest BCUT2D eigenvalue weighted by molar-refractivity contribution is -0.116. The van der Waals surface area contributed by atoms with Crippen molar-refractivity contribution in [3.05, 3.63) is 59.7 Å². The van der Waals surface area contributed by atoms with Crippen molar-refractivity contribution in [2.75, 3.05) is 42.9 Å². The van der Waals surface area contributed by atoms with E-state index in [1.165, 1.54) is 5.69 Å². The maximum atomic E-state index is 12.8. The number of anilines is 2. The summed E-state index contributed by atoms with van der Waals surface area (Å²) in [4.78, 5) is 29.0. The molecular weight excluding hydrogens is 326 g/mol. The number of ketones is 1. The Morgan fingerprint density at radius 2 is 1.69 bits per heavy atom. The van der Waals surface area contributed by atoms with Crippen LogP contribution in [0.2, 0.25) is 0 Å². The highest BCUT2D eigenvalue weighted by Crippen LogP contribution is 2.26. The summed E-state index contributed by atoms with van der Waals surface area (Å²) in [6.45, 7) is 4.06. The summed E-state index contributed by atoms with van der Waals surface area (Å²) in [5.41, 5.74) is 3.78. The van der Waals surface area contributed by atoms with Gasteiger partial charge in [-0.3, -0.25) is 14.5 Å². The Kier molecular flexibility index (Phi) is 4.71. The molecule has 1 amide bonds. The van der Waals surface area contributed by atoms with Crippen molar-refractivity contribution < 1.29 is 9.59 Å². The van der Waals surface area contributed by atoms with E-state index < -0.39 is 0 Å². The Hall–Kier alpha value is -2.66. The first-order valence-electron chi connectivity index (χ1n) is 9.18. The van der Waals surface area contributed by atoms with Gasteiger partial charge in [0.25, 0.3) is 0 Å². The van der Waals surface area contributed by atoms with Gasteiger partial charge in [-0.2, -0.15) is 0 Å². The standard InChI is InChI=1S/C21H23N3O2/c25-20(18-7-4-8-19-17(18)9-10-21(26)22-19)15-23-11-13-24(14-12-23)16-5-2-1-3-6-16/h1-8H,9-15H2,(H,22,26). The Balaban J connectivity index is 1.39. The van der Waals surface area contributed by atoms with Crippen LogP contribution >= 0.6 is 0 Å². The molecule has 1 N–H and O–H groups in total. The highest BCUT2D eigenvalue weighted by Gasteiger charge is 2.24. The van der Waals surface area contributed by atoms with Crippen molar-refractivity contribution in [1.82, 2.24) is 4.90 Å². The summed E-state index contributed by atoms with van der Waals surface area (Å²) in [5, 5.41) is 2.87. The number of carbonyl (C=O) groups excluding carboxylic acids is 2. The van der Waals surface area contributed by atoms with Crippen LogP contribution in [0.25, 0.3) is 0 Å². The quantitative estimate of drug-likeness (QED) is 0.862. The molecular formula is C21H23N3O2. The Morgan fingerprint density at radius 1 is 0.923 bits per heavy atom. The van der Waals surface area contributed by atoms with Crippen LogP contribution in [0.4, 0.5) is 11.4 Å². The molecule has 5 nitrogen and oxygen atoms in total. The molecule has 134 valence electrons. The van der Waals surface area contributed by atoms with Crippen molar-refractivity contribution >= 4 is 23.1 Å². The lowest BCUT2D eigenvalue weighted by Crippen LogP contribution is -2.48. The van der Waals surface area contributed by atoms with Gasteiger partial charge in [0.2, 0.25) is 5.91 Å². The fourth-order valence-corrected chi connectivity index (χ4v) is 3.78. The van der Waals surface area contributed by atoms with E-state index >= 15 is 0 Å². The van der Waals surface area contributed by atoms with Crippen molar-refractivity contribution in [2.24, 2.45) is 0 Å². The molecule has 2 aromatic rings. The van der Waals surface area contributed by atoms with Gasteiger partial charge >= 0.3 is 0 Å². The third-order valence-corrected chi connectivity index (χ3v) is 5.21. The molecule has 0 aliphatic carbocycles. The minimum Gasteiger partial charge on any atom is -0.369 e. The summed E-state index contributed by atoms with van der Waals surface area (Å²) in [5.74, 6) is 0.172. The average Bonchev–Trinajstić information content (AvgIpc) is 2.68. The van der Waals surface area contributed by atoms with Gasteiger partial charge in [0.15, 0.2) is 5.78 Å². The second-order valence-electron chi connectivity index (χ2n) is 6.90. The molecule has 0 spiro atoms. The number of hydrogen-bond donors (Lipinski definition) is 1. The smallest absolute Gasteiger partial charge is 0.224 e. The maximum Gasteiger partial charge on any atom is 0.224 e. The predicted molar refractivity (Wildman–Crippen MR) is 103 cm³/mol. The number of nitrogens with zero attached hydrogens (tertiary/aromatic N) is 2. The second kappa shape index (κ2) is 7.30. The van der Waals surface area contributed by atoms with Gasteiger partial charge < -0.3 is 10.2 Å². The highest BCUT2D eigenvalue weighted by atomic mass is 16.1. The summed E-state index contributed by atoms with van der Waals surface area (Å²) in [7, 11) is 0. The zero-order chi connectivity index (χ0) is 17.9. The third kappa shape index (κ3) is 3.48. The first-order valence-corrected chi connectivity index (χ1v) is 9.18. The molecule has 1 saturated heterocycles. The van der Waals surface area contributed by atoms with Crippen molar-refractivity contribution in [3.63, 3.8) is 0 Å². The lowest BCUT2D eigenvalue weighted by atomic mass is 9.94. The van der Waals surface area contributed by atoms with Gasteiger partial charge in [0.05, 0.1) is 6.54 Å². The molecule has 4 rings (SSSR count). The number of carbonyl (C=O) groups is 2. The van der Waals surface area contributed by atoms with E-state index in [9.17, 15) is 9.59 Å². The van der Waals surface area contributed by atoms with Crippen LogP contribution in [-0.4, -0.2) is 49.3 Å². The van der Waals surface area contributed by atoms with Crippen LogP contribution in [0.15, 0.2) is 48.5 Å². The van der Waals surface area contributed by atoms with Crippen LogP contribution in [-0.2, 0) is 11.2 Å². The van der Waals surface area contributed by atoms with E-state index in [2.05, 4.69) is 39.4 Å². The maximum absolute atomic E-state index is 12.8. The molecule has 0 unspecified atom stereocenters. The molecule has 0 radical (unpaired) electrons. The van der Waals surface area contributed by atoms with Gasteiger partial charge in [-0.05, 0) is 30.2 Å². The summed E-state index contributed by atoms with van der Waals surface area (Å²) in [6, 6.07) is 16.0. The SMILES string of the molecule is O=C1CCc2c(cccc2C(=O)CN2CCN(c3ccccc3)CC2)N1. The monoisotopic (exact) mass is 349 g/mol. The normalized spacial score (nSPS) is 17.5. The molecule has 0 bridgehead atoms. The number of amides is 1. The van der Waals surface area contributed by atoms with E-state index in [4.69, 9.17) is 0 Å². The summed E-state index contributed by atoms with van der Waals surface area (Å²) in [6.07, 6.45) is 1.10.